The van der Waals surface area contributed by atoms with E-state index in [9.17, 15) is 4.79 Å². The number of hydrogen-bond acceptors (Lipinski definition) is 4. The summed E-state index contributed by atoms with van der Waals surface area (Å²) in [4.78, 5) is 12.6. The molecule has 1 aromatic heterocycles. The number of carbonyl (C=O) groups is 1. The molecule has 2 aromatic rings. The maximum atomic E-state index is 12.6. The SMILES string of the molecule is CCc1cccc(CC)c1NC(=O)CSc1nnc(C2CC2)n1C1CC1. The summed E-state index contributed by atoms with van der Waals surface area (Å²) in [6, 6.07) is 6.81. The van der Waals surface area contributed by atoms with Crippen LogP contribution < -0.4 is 5.32 Å². The third-order valence-electron chi connectivity index (χ3n) is 5.14. The summed E-state index contributed by atoms with van der Waals surface area (Å²) in [6.45, 7) is 4.24. The number of anilines is 1. The van der Waals surface area contributed by atoms with Gasteiger partial charge < -0.3 is 9.88 Å². The Morgan fingerprint density at radius 1 is 1.15 bits per heavy atom. The van der Waals surface area contributed by atoms with Crippen LogP contribution in [0.2, 0.25) is 0 Å². The number of benzene rings is 1. The van der Waals surface area contributed by atoms with Crippen LogP contribution in [-0.2, 0) is 17.6 Å². The molecule has 2 aliphatic rings. The van der Waals surface area contributed by atoms with E-state index in [-0.39, 0.29) is 5.91 Å². The maximum Gasteiger partial charge on any atom is 0.234 e. The molecule has 138 valence electrons. The second-order valence-corrected chi connectivity index (χ2v) is 8.15. The zero-order valence-electron chi connectivity index (χ0n) is 15.5. The molecule has 0 saturated heterocycles. The van der Waals surface area contributed by atoms with Gasteiger partial charge in [-0.3, -0.25) is 4.79 Å². The van der Waals surface area contributed by atoms with Crippen LogP contribution in [0.15, 0.2) is 23.4 Å². The number of nitrogens with zero attached hydrogens (tertiary/aromatic N) is 3. The van der Waals surface area contributed by atoms with Crippen LogP contribution in [-0.4, -0.2) is 26.4 Å². The van der Waals surface area contributed by atoms with E-state index < -0.39 is 0 Å². The van der Waals surface area contributed by atoms with Crippen LogP contribution in [0.25, 0.3) is 0 Å². The molecule has 0 bridgehead atoms. The van der Waals surface area contributed by atoms with E-state index in [1.54, 1.807) is 0 Å². The lowest BCUT2D eigenvalue weighted by Gasteiger charge is -2.14. The molecular formula is C20H26N4OS. The molecule has 6 heteroatoms. The number of nitrogens with one attached hydrogen (secondary N) is 1. The fourth-order valence-electron chi connectivity index (χ4n) is 3.39. The summed E-state index contributed by atoms with van der Waals surface area (Å²) in [5.74, 6) is 2.13. The highest BCUT2D eigenvalue weighted by molar-refractivity contribution is 7.99. The van der Waals surface area contributed by atoms with Gasteiger partial charge in [0.15, 0.2) is 5.16 Å². The van der Waals surface area contributed by atoms with Gasteiger partial charge in [-0.2, -0.15) is 0 Å². The lowest BCUT2D eigenvalue weighted by atomic mass is 10.0. The number of rotatable bonds is 8. The molecule has 2 aliphatic carbocycles. The van der Waals surface area contributed by atoms with Gasteiger partial charge in [-0.1, -0.05) is 43.8 Å². The van der Waals surface area contributed by atoms with Crippen molar-refractivity contribution in [1.82, 2.24) is 14.8 Å². The van der Waals surface area contributed by atoms with Crippen molar-refractivity contribution in [3.63, 3.8) is 0 Å². The Hall–Kier alpha value is -1.82. The van der Waals surface area contributed by atoms with Crippen molar-refractivity contribution in [3.05, 3.63) is 35.2 Å². The number of carbonyl (C=O) groups excluding carboxylic acids is 1. The summed E-state index contributed by atoms with van der Waals surface area (Å²) in [7, 11) is 0. The molecule has 5 nitrogen and oxygen atoms in total. The summed E-state index contributed by atoms with van der Waals surface area (Å²) < 4.78 is 2.30. The first-order valence-corrected chi connectivity index (χ1v) is 10.7. The van der Waals surface area contributed by atoms with E-state index in [2.05, 4.69) is 52.1 Å². The van der Waals surface area contributed by atoms with E-state index in [0.717, 1.165) is 29.5 Å². The van der Waals surface area contributed by atoms with Gasteiger partial charge in [0.05, 0.1) is 5.75 Å². The minimum absolute atomic E-state index is 0.0314. The molecule has 0 spiro atoms. The normalized spacial score (nSPS) is 16.7. The number of para-hydroxylation sites is 1. The predicted molar refractivity (Wildman–Crippen MR) is 105 cm³/mol. The van der Waals surface area contributed by atoms with E-state index in [4.69, 9.17) is 0 Å². The molecule has 26 heavy (non-hydrogen) atoms. The molecule has 1 amide bonds. The Labute approximate surface area is 159 Å². The van der Waals surface area contributed by atoms with Crippen LogP contribution in [0.4, 0.5) is 5.69 Å². The number of aryl methyl sites for hydroxylation is 2. The minimum Gasteiger partial charge on any atom is -0.325 e. The Bertz CT molecular complexity index is 786. The van der Waals surface area contributed by atoms with Crippen LogP contribution in [0.1, 0.15) is 68.4 Å². The molecule has 2 fully saturated rings. The van der Waals surface area contributed by atoms with Crippen molar-refractivity contribution in [2.75, 3.05) is 11.1 Å². The molecule has 0 atom stereocenters. The highest BCUT2D eigenvalue weighted by Gasteiger charge is 2.36. The summed E-state index contributed by atoms with van der Waals surface area (Å²) in [6.07, 6.45) is 6.70. The van der Waals surface area contributed by atoms with Gasteiger partial charge in [0.1, 0.15) is 5.82 Å². The first kappa shape index (κ1) is 17.6. The second-order valence-electron chi connectivity index (χ2n) is 7.21. The number of amides is 1. The first-order chi connectivity index (χ1) is 12.7. The van der Waals surface area contributed by atoms with Crippen LogP contribution in [0, 0.1) is 0 Å². The number of thioether (sulfide) groups is 1. The third kappa shape index (κ3) is 3.65. The highest BCUT2D eigenvalue weighted by Crippen LogP contribution is 2.46. The summed E-state index contributed by atoms with van der Waals surface area (Å²) >= 11 is 1.51. The molecule has 1 heterocycles. The van der Waals surface area contributed by atoms with Crippen molar-refractivity contribution in [1.29, 1.82) is 0 Å². The largest absolute Gasteiger partial charge is 0.325 e. The molecule has 0 unspecified atom stereocenters. The average Bonchev–Trinajstić information content (AvgIpc) is 3.58. The molecule has 0 aliphatic heterocycles. The lowest BCUT2D eigenvalue weighted by molar-refractivity contribution is -0.113. The zero-order chi connectivity index (χ0) is 18.1. The molecule has 2 saturated carbocycles. The molecule has 1 aromatic carbocycles. The van der Waals surface area contributed by atoms with Crippen molar-refractivity contribution in [2.24, 2.45) is 0 Å². The number of hydrogen-bond donors (Lipinski definition) is 1. The predicted octanol–water partition coefficient (Wildman–Crippen LogP) is 4.35. The Morgan fingerprint density at radius 2 is 1.85 bits per heavy atom. The van der Waals surface area contributed by atoms with Crippen molar-refractivity contribution >= 4 is 23.4 Å². The van der Waals surface area contributed by atoms with E-state index >= 15 is 0 Å². The van der Waals surface area contributed by atoms with Gasteiger partial charge in [0.2, 0.25) is 5.91 Å². The van der Waals surface area contributed by atoms with Crippen LogP contribution in [0.5, 0.6) is 0 Å². The Kier molecular flexibility index (Phi) is 5.02. The molecule has 1 N–H and O–H groups in total. The maximum absolute atomic E-state index is 12.6. The number of aromatic nitrogens is 3. The van der Waals surface area contributed by atoms with E-state index in [0.29, 0.717) is 17.7 Å². The Morgan fingerprint density at radius 3 is 2.42 bits per heavy atom. The highest BCUT2D eigenvalue weighted by atomic mass is 32.2. The Balaban J connectivity index is 1.44. The smallest absolute Gasteiger partial charge is 0.234 e. The van der Waals surface area contributed by atoms with Crippen LogP contribution in [0.3, 0.4) is 0 Å². The first-order valence-electron chi connectivity index (χ1n) is 9.69. The van der Waals surface area contributed by atoms with E-state index in [1.165, 1.54) is 48.6 Å². The lowest BCUT2D eigenvalue weighted by Crippen LogP contribution is -2.17. The van der Waals surface area contributed by atoms with Gasteiger partial charge in [0.25, 0.3) is 0 Å². The van der Waals surface area contributed by atoms with Gasteiger partial charge in [0, 0.05) is 17.6 Å². The van der Waals surface area contributed by atoms with Gasteiger partial charge in [-0.25, -0.2) is 0 Å². The molecular weight excluding hydrogens is 344 g/mol. The summed E-state index contributed by atoms with van der Waals surface area (Å²) in [5.41, 5.74) is 3.38. The molecule has 0 radical (unpaired) electrons. The monoisotopic (exact) mass is 370 g/mol. The fraction of sp³-hybridized carbons (Fsp3) is 0.550. The third-order valence-corrected chi connectivity index (χ3v) is 6.08. The van der Waals surface area contributed by atoms with Crippen molar-refractivity contribution in [2.45, 2.75) is 69.5 Å². The van der Waals surface area contributed by atoms with Crippen molar-refractivity contribution < 1.29 is 4.79 Å². The van der Waals surface area contributed by atoms with Gasteiger partial charge >= 0.3 is 0 Å². The quantitative estimate of drug-likeness (QED) is 0.702. The van der Waals surface area contributed by atoms with Crippen molar-refractivity contribution in [3.8, 4) is 0 Å². The fourth-order valence-corrected chi connectivity index (χ4v) is 4.20. The van der Waals surface area contributed by atoms with Crippen LogP contribution >= 0.6 is 11.8 Å². The topological polar surface area (TPSA) is 59.8 Å². The van der Waals surface area contributed by atoms with Gasteiger partial charge in [-0.15, -0.1) is 10.2 Å². The second kappa shape index (κ2) is 7.43. The van der Waals surface area contributed by atoms with Gasteiger partial charge in [-0.05, 0) is 49.7 Å². The molecule has 4 rings (SSSR count). The van der Waals surface area contributed by atoms with E-state index in [1.807, 2.05) is 0 Å². The minimum atomic E-state index is 0.0314. The standard InChI is InChI=1S/C20H26N4OS/c1-3-13-6-5-7-14(4-2)18(13)21-17(25)12-26-20-23-22-19(15-8-9-15)24(20)16-10-11-16/h5-7,15-16H,3-4,8-12H2,1-2H3,(H,21,25). The average molecular weight is 371 g/mol. The zero-order valence-corrected chi connectivity index (χ0v) is 16.3. The summed E-state index contributed by atoms with van der Waals surface area (Å²) in [5, 5.41) is 12.8.